The van der Waals surface area contributed by atoms with Crippen LogP contribution in [0.1, 0.15) is 37.8 Å². The summed E-state index contributed by atoms with van der Waals surface area (Å²) in [5.74, 6) is 0.300. The maximum Gasteiger partial charge on any atom is 0.224 e. The van der Waals surface area contributed by atoms with E-state index in [1.54, 1.807) is 0 Å². The average Bonchev–Trinajstić information content (AvgIpc) is 3.08. The highest BCUT2D eigenvalue weighted by molar-refractivity contribution is 6.31. The number of rotatable bonds is 4. The van der Waals surface area contributed by atoms with Crippen molar-refractivity contribution in [2.45, 2.75) is 38.3 Å². The van der Waals surface area contributed by atoms with Gasteiger partial charge in [-0.2, -0.15) is 0 Å². The molecule has 2 aliphatic rings. The van der Waals surface area contributed by atoms with Gasteiger partial charge in [0.2, 0.25) is 5.91 Å². The minimum absolute atomic E-state index is 0. The molecular weight excluding hydrogens is 381 g/mol. The number of hydrogen-bond donors (Lipinski definition) is 1. The number of halogens is 3. The first-order chi connectivity index (χ1) is 11.1. The lowest BCUT2D eigenvalue weighted by Crippen LogP contribution is -2.50. The van der Waals surface area contributed by atoms with Gasteiger partial charge in [-0.3, -0.25) is 9.69 Å². The van der Waals surface area contributed by atoms with Crippen molar-refractivity contribution in [2.24, 2.45) is 0 Å². The van der Waals surface area contributed by atoms with Crippen LogP contribution in [0, 0.1) is 0 Å². The second-order valence-corrected chi connectivity index (χ2v) is 7.02. The standard InChI is InChI=1S/C18H26ClN3O.2ClH/c1-14(16-6-2-3-7-17(16)19)21-9-11-22(12-10-21)18(23)13-15-5-4-8-20-15;;/h2-3,6-7,14-15,20H,4-5,8-13H2,1H3;2*1H. The number of hydrogen-bond acceptors (Lipinski definition) is 3. The SMILES string of the molecule is CC(c1ccccc1Cl)N1CCN(C(=O)CC2CCCN2)CC1.Cl.Cl. The Labute approximate surface area is 168 Å². The van der Waals surface area contributed by atoms with Crippen molar-refractivity contribution >= 4 is 42.3 Å². The molecule has 2 fully saturated rings. The number of carbonyl (C=O) groups is 1. The lowest BCUT2D eigenvalue weighted by atomic mass is 10.1. The Morgan fingerprint density at radius 3 is 2.52 bits per heavy atom. The Hall–Kier alpha value is -0.520. The van der Waals surface area contributed by atoms with Crippen molar-refractivity contribution in [1.82, 2.24) is 15.1 Å². The van der Waals surface area contributed by atoms with Gasteiger partial charge >= 0.3 is 0 Å². The highest BCUT2D eigenvalue weighted by Crippen LogP contribution is 2.27. The molecular formula is C18H28Cl3N3O. The number of benzene rings is 1. The highest BCUT2D eigenvalue weighted by atomic mass is 35.5. The van der Waals surface area contributed by atoms with E-state index in [-0.39, 0.29) is 30.9 Å². The van der Waals surface area contributed by atoms with Gasteiger partial charge in [-0.05, 0) is 37.9 Å². The molecule has 4 nitrogen and oxygen atoms in total. The fourth-order valence-electron chi connectivity index (χ4n) is 3.64. The van der Waals surface area contributed by atoms with Crippen LogP contribution in [0.25, 0.3) is 0 Å². The Balaban J connectivity index is 0.00000156. The first kappa shape index (κ1) is 22.5. The first-order valence-corrected chi connectivity index (χ1v) is 9.02. The molecule has 2 aliphatic heterocycles. The predicted octanol–water partition coefficient (Wildman–Crippen LogP) is 3.53. The van der Waals surface area contributed by atoms with Crippen LogP contribution in [0.4, 0.5) is 0 Å². The number of nitrogens with one attached hydrogen (secondary N) is 1. The zero-order chi connectivity index (χ0) is 16.2. The molecule has 2 saturated heterocycles. The van der Waals surface area contributed by atoms with E-state index in [1.807, 2.05) is 23.1 Å². The molecule has 0 saturated carbocycles. The van der Waals surface area contributed by atoms with E-state index in [0.717, 1.165) is 44.2 Å². The van der Waals surface area contributed by atoms with E-state index in [1.165, 1.54) is 12.0 Å². The second kappa shape index (κ2) is 10.6. The van der Waals surface area contributed by atoms with Crippen molar-refractivity contribution in [3.63, 3.8) is 0 Å². The molecule has 1 N–H and O–H groups in total. The Morgan fingerprint density at radius 1 is 1.24 bits per heavy atom. The maximum atomic E-state index is 12.4. The first-order valence-electron chi connectivity index (χ1n) is 8.65. The van der Waals surface area contributed by atoms with Crippen molar-refractivity contribution < 1.29 is 4.79 Å². The molecule has 25 heavy (non-hydrogen) atoms. The van der Waals surface area contributed by atoms with Crippen molar-refractivity contribution in [3.05, 3.63) is 34.9 Å². The monoisotopic (exact) mass is 407 g/mol. The van der Waals surface area contributed by atoms with Crippen LogP contribution in [0.5, 0.6) is 0 Å². The van der Waals surface area contributed by atoms with E-state index in [4.69, 9.17) is 11.6 Å². The van der Waals surface area contributed by atoms with Gasteiger partial charge in [0.1, 0.15) is 0 Å². The van der Waals surface area contributed by atoms with Gasteiger partial charge in [-0.25, -0.2) is 0 Å². The molecule has 2 heterocycles. The molecule has 0 bridgehead atoms. The lowest BCUT2D eigenvalue weighted by Gasteiger charge is -2.38. The van der Waals surface area contributed by atoms with Crippen LogP contribution >= 0.6 is 36.4 Å². The third-order valence-electron chi connectivity index (χ3n) is 5.15. The van der Waals surface area contributed by atoms with E-state index in [2.05, 4.69) is 23.2 Å². The summed E-state index contributed by atoms with van der Waals surface area (Å²) in [5.41, 5.74) is 1.17. The number of nitrogens with zero attached hydrogens (tertiary/aromatic N) is 2. The molecule has 1 aromatic carbocycles. The average molecular weight is 409 g/mol. The Morgan fingerprint density at radius 2 is 1.92 bits per heavy atom. The summed E-state index contributed by atoms with van der Waals surface area (Å²) in [6.07, 6.45) is 2.98. The molecule has 1 aromatic rings. The molecule has 2 unspecified atom stereocenters. The van der Waals surface area contributed by atoms with E-state index >= 15 is 0 Å². The molecule has 2 atom stereocenters. The smallest absolute Gasteiger partial charge is 0.224 e. The van der Waals surface area contributed by atoms with E-state index < -0.39 is 0 Å². The van der Waals surface area contributed by atoms with Crippen molar-refractivity contribution in [1.29, 1.82) is 0 Å². The third-order valence-corrected chi connectivity index (χ3v) is 5.50. The molecule has 142 valence electrons. The van der Waals surface area contributed by atoms with Crippen LogP contribution in [0.2, 0.25) is 5.02 Å². The second-order valence-electron chi connectivity index (χ2n) is 6.61. The van der Waals surface area contributed by atoms with Crippen molar-refractivity contribution in [2.75, 3.05) is 32.7 Å². The molecule has 0 spiro atoms. The molecule has 3 rings (SSSR count). The summed E-state index contributed by atoms with van der Waals surface area (Å²) >= 11 is 6.31. The van der Waals surface area contributed by atoms with Gasteiger partial charge in [-0.15, -0.1) is 24.8 Å². The van der Waals surface area contributed by atoms with Gasteiger partial charge in [0.15, 0.2) is 0 Å². The largest absolute Gasteiger partial charge is 0.340 e. The number of amides is 1. The molecule has 0 aromatic heterocycles. The predicted molar refractivity (Wildman–Crippen MR) is 108 cm³/mol. The summed E-state index contributed by atoms with van der Waals surface area (Å²) in [6.45, 7) is 6.72. The summed E-state index contributed by atoms with van der Waals surface area (Å²) in [7, 11) is 0. The van der Waals surface area contributed by atoms with E-state index in [9.17, 15) is 4.79 Å². The van der Waals surface area contributed by atoms with E-state index in [0.29, 0.717) is 18.4 Å². The molecule has 0 aliphatic carbocycles. The minimum atomic E-state index is 0. The fraction of sp³-hybridized carbons (Fsp3) is 0.611. The zero-order valence-corrected chi connectivity index (χ0v) is 17.0. The zero-order valence-electron chi connectivity index (χ0n) is 14.6. The summed E-state index contributed by atoms with van der Waals surface area (Å²) < 4.78 is 0. The highest BCUT2D eigenvalue weighted by Gasteiger charge is 2.27. The van der Waals surface area contributed by atoms with Crippen LogP contribution in [-0.4, -0.2) is 54.5 Å². The lowest BCUT2D eigenvalue weighted by molar-refractivity contribution is -0.133. The number of carbonyl (C=O) groups excluding carboxylic acids is 1. The Kier molecular flexibility index (Phi) is 9.54. The quantitative estimate of drug-likeness (QED) is 0.828. The van der Waals surface area contributed by atoms with Crippen LogP contribution in [0.15, 0.2) is 24.3 Å². The summed E-state index contributed by atoms with van der Waals surface area (Å²) in [4.78, 5) is 16.8. The maximum absolute atomic E-state index is 12.4. The normalized spacial score (nSPS) is 22.0. The van der Waals surface area contributed by atoms with Gasteiger partial charge in [0, 0.05) is 49.7 Å². The topological polar surface area (TPSA) is 35.6 Å². The van der Waals surface area contributed by atoms with Gasteiger partial charge in [-0.1, -0.05) is 29.8 Å². The van der Waals surface area contributed by atoms with Crippen LogP contribution in [0.3, 0.4) is 0 Å². The van der Waals surface area contributed by atoms with Gasteiger partial charge in [0.05, 0.1) is 0 Å². The minimum Gasteiger partial charge on any atom is -0.340 e. The van der Waals surface area contributed by atoms with Crippen LogP contribution < -0.4 is 5.32 Å². The van der Waals surface area contributed by atoms with Crippen molar-refractivity contribution in [3.8, 4) is 0 Å². The fourth-order valence-corrected chi connectivity index (χ4v) is 3.93. The molecule has 7 heteroatoms. The summed E-state index contributed by atoms with van der Waals surface area (Å²) in [6, 6.07) is 8.72. The molecule has 1 amide bonds. The summed E-state index contributed by atoms with van der Waals surface area (Å²) in [5, 5.41) is 4.23. The van der Waals surface area contributed by atoms with Gasteiger partial charge < -0.3 is 10.2 Å². The van der Waals surface area contributed by atoms with Gasteiger partial charge in [0.25, 0.3) is 0 Å². The molecule has 0 radical (unpaired) electrons. The third kappa shape index (κ3) is 5.73. The number of piperazine rings is 1. The van der Waals surface area contributed by atoms with Crippen LogP contribution in [-0.2, 0) is 4.79 Å². The Bertz CT molecular complexity index is 544.